The van der Waals surface area contributed by atoms with Crippen molar-refractivity contribution in [1.29, 1.82) is 0 Å². The molecule has 1 atom stereocenters. The van der Waals surface area contributed by atoms with Crippen LogP contribution in [-0.2, 0) is 20.9 Å². The van der Waals surface area contributed by atoms with Gasteiger partial charge in [-0.15, -0.1) is 0 Å². The number of aromatic amines is 1. The van der Waals surface area contributed by atoms with Crippen LogP contribution in [0.15, 0.2) is 24.4 Å². The Kier molecular flexibility index (Phi) is 4.76. The van der Waals surface area contributed by atoms with E-state index in [9.17, 15) is 9.90 Å². The number of methoxy groups -OCH3 is 2. The van der Waals surface area contributed by atoms with Crippen LogP contribution in [0.5, 0.6) is 0 Å². The molecule has 2 aromatic rings. The Bertz CT molecular complexity index is 591. The summed E-state index contributed by atoms with van der Waals surface area (Å²) in [5.74, 6) is -1.42. The molecule has 2 N–H and O–H groups in total. The highest BCUT2D eigenvalue weighted by molar-refractivity contribution is 5.91. The van der Waals surface area contributed by atoms with Gasteiger partial charge in [-0.25, -0.2) is 0 Å². The number of aliphatic carboxylic acids is 1. The Morgan fingerprint density at radius 2 is 2.15 bits per heavy atom. The highest BCUT2D eigenvalue weighted by atomic mass is 16.5. The van der Waals surface area contributed by atoms with E-state index in [1.165, 1.54) is 0 Å². The standard InChI is InChI=1S/C15H19NO4/c1-19-7-6-11(15(17)18)12-8-16-13-5-3-4-10(9-20-2)14(12)13/h3-5,8,11,16H,6-7,9H2,1-2H3,(H,17,18). The summed E-state index contributed by atoms with van der Waals surface area (Å²) in [4.78, 5) is 14.7. The number of carboxylic acids is 1. The largest absolute Gasteiger partial charge is 0.481 e. The zero-order valence-corrected chi connectivity index (χ0v) is 11.7. The summed E-state index contributed by atoms with van der Waals surface area (Å²) >= 11 is 0. The summed E-state index contributed by atoms with van der Waals surface area (Å²) in [6, 6.07) is 5.83. The topological polar surface area (TPSA) is 71.5 Å². The van der Waals surface area contributed by atoms with Crippen molar-refractivity contribution in [3.8, 4) is 0 Å². The minimum atomic E-state index is -0.838. The van der Waals surface area contributed by atoms with Gasteiger partial charge in [0.25, 0.3) is 0 Å². The summed E-state index contributed by atoms with van der Waals surface area (Å²) in [6.45, 7) is 0.870. The highest BCUT2D eigenvalue weighted by Crippen LogP contribution is 2.31. The van der Waals surface area contributed by atoms with E-state index >= 15 is 0 Å². The monoisotopic (exact) mass is 277 g/mol. The van der Waals surface area contributed by atoms with Crippen LogP contribution in [0.3, 0.4) is 0 Å². The molecule has 0 saturated carbocycles. The minimum absolute atomic E-state index is 0.413. The number of benzene rings is 1. The number of aromatic nitrogens is 1. The van der Waals surface area contributed by atoms with Crippen LogP contribution in [0.1, 0.15) is 23.5 Å². The van der Waals surface area contributed by atoms with Gasteiger partial charge in [0.2, 0.25) is 0 Å². The van der Waals surface area contributed by atoms with Crippen molar-refractivity contribution >= 4 is 16.9 Å². The van der Waals surface area contributed by atoms with Gasteiger partial charge >= 0.3 is 5.97 Å². The van der Waals surface area contributed by atoms with Gasteiger partial charge < -0.3 is 19.6 Å². The van der Waals surface area contributed by atoms with Gasteiger partial charge in [-0.1, -0.05) is 12.1 Å². The van der Waals surface area contributed by atoms with Gasteiger partial charge in [0.1, 0.15) is 0 Å². The third kappa shape index (κ3) is 2.84. The fourth-order valence-electron chi connectivity index (χ4n) is 2.49. The first-order valence-corrected chi connectivity index (χ1v) is 6.48. The molecule has 20 heavy (non-hydrogen) atoms. The zero-order valence-electron chi connectivity index (χ0n) is 11.7. The number of hydrogen-bond donors (Lipinski definition) is 2. The van der Waals surface area contributed by atoms with E-state index in [0.29, 0.717) is 19.6 Å². The molecule has 0 saturated heterocycles. The lowest BCUT2D eigenvalue weighted by molar-refractivity contribution is -0.139. The Labute approximate surface area is 117 Å². The van der Waals surface area contributed by atoms with E-state index in [4.69, 9.17) is 9.47 Å². The van der Waals surface area contributed by atoms with Crippen molar-refractivity contribution < 1.29 is 19.4 Å². The molecule has 0 aliphatic heterocycles. The molecule has 0 bridgehead atoms. The molecule has 0 aliphatic carbocycles. The van der Waals surface area contributed by atoms with Crippen LogP contribution in [0.4, 0.5) is 0 Å². The molecule has 1 unspecified atom stereocenters. The smallest absolute Gasteiger partial charge is 0.311 e. The molecule has 0 amide bonds. The number of hydrogen-bond acceptors (Lipinski definition) is 3. The Morgan fingerprint density at radius 3 is 2.80 bits per heavy atom. The van der Waals surface area contributed by atoms with Crippen LogP contribution in [0.2, 0.25) is 0 Å². The number of fused-ring (bicyclic) bond motifs is 1. The number of carbonyl (C=O) groups is 1. The summed E-state index contributed by atoms with van der Waals surface area (Å²) in [5.41, 5.74) is 2.71. The lowest BCUT2D eigenvalue weighted by Gasteiger charge is -2.12. The minimum Gasteiger partial charge on any atom is -0.481 e. The first kappa shape index (κ1) is 14.6. The van der Waals surface area contributed by atoms with Crippen LogP contribution in [0, 0.1) is 0 Å². The quantitative estimate of drug-likeness (QED) is 0.815. The van der Waals surface area contributed by atoms with Crippen LogP contribution in [0.25, 0.3) is 10.9 Å². The summed E-state index contributed by atoms with van der Waals surface area (Å²) in [6.07, 6.45) is 2.22. The van der Waals surface area contributed by atoms with Crippen molar-refractivity contribution in [3.05, 3.63) is 35.5 Å². The van der Waals surface area contributed by atoms with E-state index in [2.05, 4.69) is 4.98 Å². The fraction of sp³-hybridized carbons (Fsp3) is 0.400. The van der Waals surface area contributed by atoms with Gasteiger partial charge in [-0.05, 0) is 23.6 Å². The summed E-state index contributed by atoms with van der Waals surface area (Å²) < 4.78 is 10.2. The number of H-pyrrole nitrogens is 1. The summed E-state index contributed by atoms with van der Waals surface area (Å²) in [7, 11) is 3.20. The first-order chi connectivity index (χ1) is 9.69. The third-order valence-electron chi connectivity index (χ3n) is 3.41. The van der Waals surface area contributed by atoms with E-state index in [-0.39, 0.29) is 0 Å². The zero-order chi connectivity index (χ0) is 14.5. The van der Waals surface area contributed by atoms with Crippen molar-refractivity contribution in [1.82, 2.24) is 4.98 Å². The number of ether oxygens (including phenoxy) is 2. The molecule has 2 rings (SSSR count). The Balaban J connectivity index is 2.48. The maximum absolute atomic E-state index is 11.5. The molecular weight excluding hydrogens is 258 g/mol. The second kappa shape index (κ2) is 6.54. The number of rotatable bonds is 7. The van der Waals surface area contributed by atoms with Crippen LogP contribution in [-0.4, -0.2) is 36.9 Å². The second-order valence-corrected chi connectivity index (χ2v) is 4.69. The molecule has 1 heterocycles. The van der Waals surface area contributed by atoms with Crippen LogP contribution >= 0.6 is 0 Å². The molecule has 0 spiro atoms. The Hall–Kier alpha value is -1.85. The van der Waals surface area contributed by atoms with Crippen molar-refractivity contribution in [2.24, 2.45) is 0 Å². The molecular formula is C15H19NO4. The normalized spacial score (nSPS) is 12.7. The van der Waals surface area contributed by atoms with Crippen molar-refractivity contribution in [3.63, 3.8) is 0 Å². The molecule has 0 aliphatic rings. The molecule has 1 aromatic heterocycles. The van der Waals surface area contributed by atoms with Gasteiger partial charge in [0, 0.05) is 37.9 Å². The van der Waals surface area contributed by atoms with E-state index < -0.39 is 11.9 Å². The predicted molar refractivity (Wildman–Crippen MR) is 75.9 cm³/mol. The Morgan fingerprint density at radius 1 is 1.35 bits per heavy atom. The van der Waals surface area contributed by atoms with Gasteiger partial charge in [0.15, 0.2) is 0 Å². The average molecular weight is 277 g/mol. The first-order valence-electron chi connectivity index (χ1n) is 6.48. The fourth-order valence-corrected chi connectivity index (χ4v) is 2.49. The number of carboxylic acid groups (broad SMARTS) is 1. The third-order valence-corrected chi connectivity index (χ3v) is 3.41. The maximum Gasteiger partial charge on any atom is 0.311 e. The number of nitrogens with one attached hydrogen (secondary N) is 1. The van der Waals surface area contributed by atoms with Crippen molar-refractivity contribution in [2.75, 3.05) is 20.8 Å². The summed E-state index contributed by atoms with van der Waals surface area (Å²) in [5, 5.41) is 10.4. The lowest BCUT2D eigenvalue weighted by atomic mass is 9.93. The SMILES string of the molecule is COCCC(C(=O)O)c1c[nH]c2cccc(COC)c12. The second-order valence-electron chi connectivity index (χ2n) is 4.69. The molecule has 1 aromatic carbocycles. The van der Waals surface area contributed by atoms with Gasteiger partial charge in [0.05, 0.1) is 12.5 Å². The molecule has 108 valence electrons. The van der Waals surface area contributed by atoms with Crippen molar-refractivity contribution in [2.45, 2.75) is 18.9 Å². The molecule has 0 radical (unpaired) electrons. The van der Waals surface area contributed by atoms with Gasteiger partial charge in [-0.3, -0.25) is 4.79 Å². The molecule has 5 heteroatoms. The van der Waals surface area contributed by atoms with E-state index in [1.54, 1.807) is 20.4 Å². The molecule has 5 nitrogen and oxygen atoms in total. The van der Waals surface area contributed by atoms with E-state index in [1.807, 2.05) is 18.2 Å². The average Bonchev–Trinajstić information content (AvgIpc) is 2.84. The predicted octanol–water partition coefficient (Wildman–Crippen LogP) is 2.52. The van der Waals surface area contributed by atoms with Gasteiger partial charge in [-0.2, -0.15) is 0 Å². The highest BCUT2D eigenvalue weighted by Gasteiger charge is 2.23. The lowest BCUT2D eigenvalue weighted by Crippen LogP contribution is -2.13. The van der Waals surface area contributed by atoms with Crippen LogP contribution < -0.4 is 0 Å². The molecule has 0 fully saturated rings. The maximum atomic E-state index is 11.5. The van der Waals surface area contributed by atoms with E-state index in [0.717, 1.165) is 22.0 Å².